The summed E-state index contributed by atoms with van der Waals surface area (Å²) < 4.78 is 40.1. The lowest BCUT2D eigenvalue weighted by atomic mass is 10.00. The van der Waals surface area contributed by atoms with Crippen LogP contribution in [0.4, 0.5) is 13.2 Å². The normalized spacial score (nSPS) is 16.5. The van der Waals surface area contributed by atoms with E-state index in [0.29, 0.717) is 18.1 Å². The summed E-state index contributed by atoms with van der Waals surface area (Å²) in [6.07, 6.45) is -1.61. The molecule has 1 atom stereocenters. The van der Waals surface area contributed by atoms with Gasteiger partial charge in [-0.25, -0.2) is 4.98 Å². The number of thioether (sulfide) groups is 1. The number of benzene rings is 1. The van der Waals surface area contributed by atoms with Gasteiger partial charge in [-0.2, -0.15) is 13.2 Å². The number of pyridine rings is 1. The summed E-state index contributed by atoms with van der Waals surface area (Å²) in [5, 5.41) is 0.392. The van der Waals surface area contributed by atoms with Crippen LogP contribution in [0.5, 0.6) is 0 Å². The van der Waals surface area contributed by atoms with Crippen LogP contribution >= 0.6 is 11.8 Å². The third-order valence-electron chi connectivity index (χ3n) is 4.88. The molecule has 1 aliphatic rings. The van der Waals surface area contributed by atoms with E-state index in [0.717, 1.165) is 35.3 Å². The molecular formula is C21H18F3N3OS. The van der Waals surface area contributed by atoms with E-state index in [-0.39, 0.29) is 17.7 Å². The van der Waals surface area contributed by atoms with Crippen LogP contribution in [0.15, 0.2) is 72.0 Å². The molecule has 8 heteroatoms. The van der Waals surface area contributed by atoms with Gasteiger partial charge in [0.25, 0.3) is 0 Å². The Morgan fingerprint density at radius 3 is 2.55 bits per heavy atom. The summed E-state index contributed by atoms with van der Waals surface area (Å²) in [6.45, 7) is 1.28. The lowest BCUT2D eigenvalue weighted by Crippen LogP contribution is -2.43. The number of alkyl halides is 3. The quantitative estimate of drug-likeness (QED) is 0.581. The van der Waals surface area contributed by atoms with Gasteiger partial charge in [0, 0.05) is 31.2 Å². The van der Waals surface area contributed by atoms with Gasteiger partial charge in [-0.1, -0.05) is 42.1 Å². The van der Waals surface area contributed by atoms with Crippen LogP contribution in [-0.4, -0.2) is 32.7 Å². The number of aromatic nitrogens is 2. The number of hydrogen-bond acceptors (Lipinski definition) is 3. The fourth-order valence-corrected chi connectivity index (χ4v) is 4.22. The molecule has 0 spiro atoms. The second-order valence-electron chi connectivity index (χ2n) is 6.70. The van der Waals surface area contributed by atoms with Gasteiger partial charge in [0.15, 0.2) is 0 Å². The van der Waals surface area contributed by atoms with Crippen LogP contribution in [0.3, 0.4) is 0 Å². The molecule has 1 unspecified atom stereocenters. The van der Waals surface area contributed by atoms with Gasteiger partial charge < -0.3 is 9.47 Å². The van der Waals surface area contributed by atoms with E-state index in [1.54, 1.807) is 0 Å². The highest BCUT2D eigenvalue weighted by molar-refractivity contribution is 7.99. The van der Waals surface area contributed by atoms with Crippen LogP contribution in [0.25, 0.3) is 0 Å². The minimum atomic E-state index is -4.42. The summed E-state index contributed by atoms with van der Waals surface area (Å²) in [4.78, 5) is 18.7. The predicted molar refractivity (Wildman–Crippen MR) is 104 cm³/mol. The van der Waals surface area contributed by atoms with Crippen LogP contribution < -0.4 is 0 Å². The molecule has 4 rings (SSSR count). The molecule has 1 amide bonds. The van der Waals surface area contributed by atoms with Gasteiger partial charge in [0.2, 0.25) is 5.91 Å². The van der Waals surface area contributed by atoms with Crippen LogP contribution in [0, 0.1) is 0 Å². The second kappa shape index (κ2) is 7.94. The van der Waals surface area contributed by atoms with Crippen LogP contribution in [-0.2, 0) is 17.5 Å². The summed E-state index contributed by atoms with van der Waals surface area (Å²) in [5.41, 5.74) is 1.28. The zero-order chi connectivity index (χ0) is 20.4. The second-order valence-corrected chi connectivity index (χ2v) is 7.69. The van der Waals surface area contributed by atoms with E-state index in [2.05, 4.69) is 9.55 Å². The molecule has 0 N–H and O–H groups in total. The van der Waals surface area contributed by atoms with Gasteiger partial charge >= 0.3 is 6.18 Å². The molecule has 2 aromatic heterocycles. The highest BCUT2D eigenvalue weighted by Gasteiger charge is 2.32. The first-order valence-electron chi connectivity index (χ1n) is 9.09. The Morgan fingerprint density at radius 2 is 1.86 bits per heavy atom. The van der Waals surface area contributed by atoms with E-state index in [1.165, 1.54) is 6.07 Å². The SMILES string of the molecule is O=C(CSc1ccc(C(F)(F)F)cn1)N1CCn2cccc2C1c1ccccc1. The fourth-order valence-electron chi connectivity index (χ4n) is 3.49. The minimum Gasteiger partial charge on any atom is -0.348 e. The maximum Gasteiger partial charge on any atom is 0.417 e. The largest absolute Gasteiger partial charge is 0.417 e. The van der Waals surface area contributed by atoms with E-state index in [4.69, 9.17) is 0 Å². The van der Waals surface area contributed by atoms with Gasteiger partial charge in [0.1, 0.15) is 0 Å². The molecule has 0 saturated carbocycles. The molecule has 0 radical (unpaired) electrons. The number of carbonyl (C=O) groups is 1. The van der Waals surface area contributed by atoms with Crippen LogP contribution in [0.2, 0.25) is 0 Å². The lowest BCUT2D eigenvalue weighted by Gasteiger charge is -2.37. The molecule has 29 heavy (non-hydrogen) atoms. The molecule has 0 fully saturated rings. The zero-order valence-corrected chi connectivity index (χ0v) is 16.2. The molecule has 1 aromatic carbocycles. The van der Waals surface area contributed by atoms with Crippen molar-refractivity contribution in [1.29, 1.82) is 0 Å². The molecule has 0 saturated heterocycles. The topological polar surface area (TPSA) is 38.1 Å². The zero-order valence-electron chi connectivity index (χ0n) is 15.3. The van der Waals surface area contributed by atoms with Crippen molar-refractivity contribution >= 4 is 17.7 Å². The molecular weight excluding hydrogens is 399 g/mol. The first-order valence-corrected chi connectivity index (χ1v) is 10.1. The van der Waals surface area contributed by atoms with E-state index in [9.17, 15) is 18.0 Å². The van der Waals surface area contributed by atoms with E-state index >= 15 is 0 Å². The van der Waals surface area contributed by atoms with Crippen molar-refractivity contribution in [2.24, 2.45) is 0 Å². The summed E-state index contributed by atoms with van der Waals surface area (Å²) >= 11 is 1.15. The van der Waals surface area contributed by atoms with Gasteiger partial charge in [-0.05, 0) is 29.8 Å². The standard InChI is InChI=1S/C21H18F3N3OS/c22-21(23,24)16-8-9-18(25-13-16)29-14-19(28)27-12-11-26-10-4-7-17(26)20(27)15-5-2-1-3-6-15/h1-10,13,20H,11-12,14H2. The van der Waals surface area contributed by atoms with Crippen molar-refractivity contribution in [3.05, 3.63) is 83.8 Å². The van der Waals surface area contributed by atoms with Crippen molar-refractivity contribution in [3.63, 3.8) is 0 Å². The Morgan fingerprint density at radius 1 is 1.07 bits per heavy atom. The maximum atomic E-state index is 13.0. The number of amides is 1. The minimum absolute atomic E-state index is 0.0713. The molecule has 4 nitrogen and oxygen atoms in total. The number of halogens is 3. The average molecular weight is 417 g/mol. The Balaban J connectivity index is 1.50. The summed E-state index contributed by atoms with van der Waals surface area (Å²) in [6, 6.07) is 15.9. The molecule has 0 aliphatic carbocycles. The third kappa shape index (κ3) is 4.17. The van der Waals surface area contributed by atoms with Gasteiger partial charge in [-0.3, -0.25) is 4.79 Å². The highest BCUT2D eigenvalue weighted by atomic mass is 32.2. The molecule has 0 bridgehead atoms. The van der Waals surface area contributed by atoms with Gasteiger partial charge in [-0.15, -0.1) is 0 Å². The van der Waals surface area contributed by atoms with Crippen molar-refractivity contribution < 1.29 is 18.0 Å². The Labute approximate surface area is 170 Å². The molecule has 3 aromatic rings. The fraction of sp³-hybridized carbons (Fsp3) is 0.238. The van der Waals surface area contributed by atoms with Crippen molar-refractivity contribution in [2.45, 2.75) is 23.8 Å². The molecule has 150 valence electrons. The lowest BCUT2D eigenvalue weighted by molar-refractivity contribution is -0.138. The molecule has 3 heterocycles. The Bertz CT molecular complexity index is 986. The Hall–Kier alpha value is -2.74. The first kappa shape index (κ1) is 19.6. The number of hydrogen-bond donors (Lipinski definition) is 0. The number of nitrogens with zero attached hydrogens (tertiary/aromatic N) is 3. The van der Waals surface area contributed by atoms with Crippen molar-refractivity contribution in [3.8, 4) is 0 Å². The molecule has 1 aliphatic heterocycles. The summed E-state index contributed by atoms with van der Waals surface area (Å²) in [7, 11) is 0. The monoisotopic (exact) mass is 417 g/mol. The third-order valence-corrected chi connectivity index (χ3v) is 5.81. The van der Waals surface area contributed by atoms with Crippen molar-refractivity contribution in [1.82, 2.24) is 14.5 Å². The first-order chi connectivity index (χ1) is 13.9. The average Bonchev–Trinajstić information content (AvgIpc) is 3.20. The van der Waals surface area contributed by atoms with Gasteiger partial charge in [0.05, 0.1) is 22.4 Å². The van der Waals surface area contributed by atoms with Crippen LogP contribution in [0.1, 0.15) is 22.9 Å². The maximum absolute atomic E-state index is 13.0. The smallest absolute Gasteiger partial charge is 0.348 e. The Kier molecular flexibility index (Phi) is 5.36. The predicted octanol–water partition coefficient (Wildman–Crippen LogP) is 4.63. The van der Waals surface area contributed by atoms with Crippen molar-refractivity contribution in [2.75, 3.05) is 12.3 Å². The number of rotatable bonds is 4. The number of carbonyl (C=O) groups excluding carboxylic acids is 1. The number of fused-ring (bicyclic) bond motifs is 1. The highest BCUT2D eigenvalue weighted by Crippen LogP contribution is 2.33. The van der Waals surface area contributed by atoms with E-state index in [1.807, 2.05) is 53.6 Å². The van der Waals surface area contributed by atoms with E-state index < -0.39 is 11.7 Å². The summed E-state index contributed by atoms with van der Waals surface area (Å²) in [5.74, 6) is 0.0422.